The molecule has 0 heterocycles. The zero-order valence-corrected chi connectivity index (χ0v) is 11.4. The van der Waals surface area contributed by atoms with Gasteiger partial charge in [-0.1, -0.05) is 23.2 Å². The van der Waals surface area contributed by atoms with Crippen molar-refractivity contribution in [3.05, 3.63) is 33.8 Å². The lowest BCUT2D eigenvalue weighted by molar-refractivity contribution is 0.302. The third-order valence-corrected chi connectivity index (χ3v) is 3.25. The molecule has 4 heteroatoms. The van der Waals surface area contributed by atoms with E-state index in [-0.39, 0.29) is 0 Å². The van der Waals surface area contributed by atoms with Gasteiger partial charge >= 0.3 is 0 Å². The maximum absolute atomic E-state index is 6.07. The summed E-state index contributed by atoms with van der Waals surface area (Å²) in [6.45, 7) is 3.85. The van der Waals surface area contributed by atoms with Crippen LogP contribution >= 0.6 is 23.2 Å². The van der Waals surface area contributed by atoms with Crippen LogP contribution in [0, 0.1) is 0 Å². The van der Waals surface area contributed by atoms with Crippen molar-refractivity contribution in [3.8, 4) is 0 Å². The molecule has 1 N–H and O–H groups in total. The Bertz CT molecular complexity index is 340. The van der Waals surface area contributed by atoms with Gasteiger partial charge in [0.15, 0.2) is 0 Å². The second-order valence-corrected chi connectivity index (χ2v) is 5.02. The van der Waals surface area contributed by atoms with E-state index >= 15 is 0 Å². The second kappa shape index (κ2) is 6.45. The Balaban J connectivity index is 2.45. The summed E-state index contributed by atoms with van der Waals surface area (Å²) in [7, 11) is 4.14. The molecule has 0 bridgehead atoms. The van der Waals surface area contributed by atoms with E-state index in [0.717, 1.165) is 28.7 Å². The van der Waals surface area contributed by atoms with Gasteiger partial charge in [-0.15, -0.1) is 0 Å². The number of likely N-dealkylation sites (N-methyl/N-ethyl adjacent to an activating group) is 1. The van der Waals surface area contributed by atoms with Gasteiger partial charge in [-0.05, 0) is 44.8 Å². The molecule has 0 aromatic heterocycles. The minimum absolute atomic E-state index is 0.498. The van der Waals surface area contributed by atoms with Gasteiger partial charge in [0.25, 0.3) is 0 Å². The van der Waals surface area contributed by atoms with E-state index in [2.05, 4.69) is 31.2 Å². The average Bonchev–Trinajstić information content (AvgIpc) is 2.22. The molecule has 0 radical (unpaired) electrons. The maximum Gasteiger partial charge on any atom is 0.0451 e. The first kappa shape index (κ1) is 13.8. The van der Waals surface area contributed by atoms with Crippen molar-refractivity contribution in [1.82, 2.24) is 10.2 Å². The van der Waals surface area contributed by atoms with Crippen molar-refractivity contribution in [2.24, 2.45) is 0 Å². The fourth-order valence-electron chi connectivity index (χ4n) is 1.28. The van der Waals surface area contributed by atoms with E-state index in [4.69, 9.17) is 23.2 Å². The minimum Gasteiger partial charge on any atom is -0.311 e. The molecule has 0 fully saturated rings. The molecule has 16 heavy (non-hydrogen) atoms. The monoisotopic (exact) mass is 260 g/mol. The summed E-state index contributed by atoms with van der Waals surface area (Å²) < 4.78 is 0. The lowest BCUT2D eigenvalue weighted by Crippen LogP contribution is -2.35. The summed E-state index contributed by atoms with van der Waals surface area (Å²) >= 11 is 12.0. The van der Waals surface area contributed by atoms with Gasteiger partial charge in [-0.2, -0.15) is 0 Å². The Labute approximate surface area is 108 Å². The van der Waals surface area contributed by atoms with Crippen LogP contribution in [0.2, 0.25) is 10.0 Å². The molecule has 1 unspecified atom stereocenters. The van der Waals surface area contributed by atoms with Gasteiger partial charge in [0, 0.05) is 29.2 Å². The second-order valence-electron chi connectivity index (χ2n) is 4.18. The highest BCUT2D eigenvalue weighted by Crippen LogP contribution is 2.20. The molecule has 0 saturated heterocycles. The largest absolute Gasteiger partial charge is 0.311 e. The molecule has 1 aromatic carbocycles. The summed E-state index contributed by atoms with van der Waals surface area (Å²) in [6, 6.07) is 6.03. The molecule has 0 amide bonds. The number of nitrogens with zero attached hydrogens (tertiary/aromatic N) is 1. The normalized spacial score (nSPS) is 13.1. The van der Waals surface area contributed by atoms with Gasteiger partial charge in [-0.25, -0.2) is 0 Å². The number of benzene rings is 1. The van der Waals surface area contributed by atoms with Crippen LogP contribution in [0.5, 0.6) is 0 Å². The third-order valence-electron chi connectivity index (χ3n) is 2.64. The SMILES string of the molecule is CC(CNCc1cc(Cl)ccc1Cl)N(C)C. The van der Waals surface area contributed by atoms with Crippen LogP contribution in [0.3, 0.4) is 0 Å². The molecule has 0 aliphatic heterocycles. The fourth-order valence-corrected chi connectivity index (χ4v) is 1.66. The van der Waals surface area contributed by atoms with Crippen LogP contribution in [0.4, 0.5) is 0 Å². The standard InChI is InChI=1S/C12H18Cl2N2/c1-9(16(2)3)7-15-8-10-6-11(13)4-5-12(10)14/h4-6,9,15H,7-8H2,1-3H3. The van der Waals surface area contributed by atoms with E-state index in [1.807, 2.05) is 12.1 Å². The molecule has 90 valence electrons. The molecule has 0 saturated carbocycles. The minimum atomic E-state index is 0.498. The average molecular weight is 261 g/mol. The van der Waals surface area contributed by atoms with Crippen LogP contribution in [-0.2, 0) is 6.54 Å². The number of halogens is 2. The topological polar surface area (TPSA) is 15.3 Å². The first-order valence-corrected chi connectivity index (χ1v) is 6.07. The quantitative estimate of drug-likeness (QED) is 0.876. The summed E-state index contributed by atoms with van der Waals surface area (Å²) in [6.07, 6.45) is 0. The van der Waals surface area contributed by atoms with Gasteiger partial charge in [0.2, 0.25) is 0 Å². The Hall–Kier alpha value is -0.280. The number of hydrogen-bond donors (Lipinski definition) is 1. The highest BCUT2D eigenvalue weighted by Gasteiger charge is 2.05. The molecule has 1 rings (SSSR count). The van der Waals surface area contributed by atoms with Crippen LogP contribution in [0.1, 0.15) is 12.5 Å². The highest BCUT2D eigenvalue weighted by atomic mass is 35.5. The zero-order valence-electron chi connectivity index (χ0n) is 9.93. The van der Waals surface area contributed by atoms with Gasteiger partial charge in [0.05, 0.1) is 0 Å². The van der Waals surface area contributed by atoms with E-state index in [9.17, 15) is 0 Å². The van der Waals surface area contributed by atoms with Crippen molar-refractivity contribution in [2.45, 2.75) is 19.5 Å². The molecule has 0 aliphatic carbocycles. The Morgan fingerprint density at radius 1 is 1.31 bits per heavy atom. The smallest absolute Gasteiger partial charge is 0.0451 e. The van der Waals surface area contributed by atoms with E-state index in [1.54, 1.807) is 6.07 Å². The van der Waals surface area contributed by atoms with Gasteiger partial charge in [-0.3, -0.25) is 0 Å². The number of nitrogens with one attached hydrogen (secondary N) is 1. The summed E-state index contributed by atoms with van der Waals surface area (Å²) in [5, 5.41) is 4.85. The van der Waals surface area contributed by atoms with Crippen molar-refractivity contribution in [1.29, 1.82) is 0 Å². The first-order chi connectivity index (χ1) is 7.50. The van der Waals surface area contributed by atoms with E-state index in [0.29, 0.717) is 6.04 Å². The Kier molecular flexibility index (Phi) is 5.56. The van der Waals surface area contributed by atoms with Gasteiger partial charge in [0.1, 0.15) is 0 Å². The number of rotatable bonds is 5. The molecule has 0 aliphatic rings. The van der Waals surface area contributed by atoms with Crippen molar-refractivity contribution in [3.63, 3.8) is 0 Å². The lowest BCUT2D eigenvalue weighted by Gasteiger charge is -2.20. The molecule has 0 spiro atoms. The summed E-state index contributed by atoms with van der Waals surface area (Å²) in [5.41, 5.74) is 1.04. The molecule has 2 nitrogen and oxygen atoms in total. The fraction of sp³-hybridized carbons (Fsp3) is 0.500. The summed E-state index contributed by atoms with van der Waals surface area (Å²) in [4.78, 5) is 2.17. The van der Waals surface area contributed by atoms with Crippen LogP contribution in [0.15, 0.2) is 18.2 Å². The van der Waals surface area contributed by atoms with Gasteiger partial charge < -0.3 is 10.2 Å². The predicted octanol–water partition coefficient (Wildman–Crippen LogP) is 3.03. The molecule has 1 aromatic rings. The Morgan fingerprint density at radius 2 is 2.00 bits per heavy atom. The van der Waals surface area contributed by atoms with Crippen molar-refractivity contribution in [2.75, 3.05) is 20.6 Å². The van der Waals surface area contributed by atoms with Crippen LogP contribution < -0.4 is 5.32 Å². The highest BCUT2D eigenvalue weighted by molar-refractivity contribution is 6.33. The molecular formula is C12H18Cl2N2. The van der Waals surface area contributed by atoms with Crippen molar-refractivity contribution >= 4 is 23.2 Å². The van der Waals surface area contributed by atoms with E-state index in [1.165, 1.54) is 0 Å². The Morgan fingerprint density at radius 3 is 2.62 bits per heavy atom. The number of hydrogen-bond acceptors (Lipinski definition) is 2. The molecule has 1 atom stereocenters. The summed E-state index contributed by atoms with van der Waals surface area (Å²) in [5.74, 6) is 0. The lowest BCUT2D eigenvalue weighted by atomic mass is 10.2. The zero-order chi connectivity index (χ0) is 12.1. The van der Waals surface area contributed by atoms with Crippen LogP contribution in [-0.4, -0.2) is 31.6 Å². The van der Waals surface area contributed by atoms with E-state index < -0.39 is 0 Å². The maximum atomic E-state index is 6.07. The van der Waals surface area contributed by atoms with Crippen molar-refractivity contribution < 1.29 is 0 Å². The third kappa shape index (κ3) is 4.30. The molecular weight excluding hydrogens is 243 g/mol. The first-order valence-electron chi connectivity index (χ1n) is 5.31. The predicted molar refractivity (Wildman–Crippen MR) is 71.3 cm³/mol. The van der Waals surface area contributed by atoms with Crippen LogP contribution in [0.25, 0.3) is 0 Å².